The first-order valence-electron chi connectivity index (χ1n) is 5.85. The summed E-state index contributed by atoms with van der Waals surface area (Å²) in [6.45, 7) is 0. The molecule has 0 saturated carbocycles. The lowest BCUT2D eigenvalue weighted by Gasteiger charge is -2.05. The van der Waals surface area contributed by atoms with Crippen molar-refractivity contribution in [2.45, 2.75) is 0 Å². The average Bonchev–Trinajstić information content (AvgIpc) is 2.43. The smallest absolute Gasteiger partial charge is 0.188 e. The molecule has 2 rings (SSSR count). The minimum atomic E-state index is -0.248. The van der Waals surface area contributed by atoms with Crippen molar-refractivity contribution in [3.63, 3.8) is 0 Å². The molecule has 0 heterocycles. The van der Waals surface area contributed by atoms with Gasteiger partial charge in [-0.15, -0.1) is 0 Å². The highest BCUT2D eigenvalue weighted by molar-refractivity contribution is 6.43. The van der Waals surface area contributed by atoms with Gasteiger partial charge < -0.3 is 5.32 Å². The number of anilines is 1. The maximum Gasteiger partial charge on any atom is 0.188 e. The topological polar surface area (TPSA) is 29.1 Å². The van der Waals surface area contributed by atoms with Crippen LogP contribution in [0.3, 0.4) is 0 Å². The number of halogens is 4. The second kappa shape index (κ2) is 7.19. The molecule has 0 aromatic heterocycles. The monoisotopic (exact) mass is 359 g/mol. The van der Waals surface area contributed by atoms with Crippen LogP contribution < -0.4 is 5.32 Å². The highest BCUT2D eigenvalue weighted by Crippen LogP contribution is 2.29. The van der Waals surface area contributed by atoms with Gasteiger partial charge in [0.05, 0.1) is 20.8 Å². The summed E-state index contributed by atoms with van der Waals surface area (Å²) in [5, 5.41) is 4.50. The van der Waals surface area contributed by atoms with Crippen LogP contribution in [0.4, 0.5) is 5.69 Å². The van der Waals surface area contributed by atoms with Gasteiger partial charge in [0.2, 0.25) is 0 Å². The lowest BCUT2D eigenvalue weighted by atomic mass is 10.1. The van der Waals surface area contributed by atoms with E-state index in [0.29, 0.717) is 31.3 Å². The SMILES string of the molecule is O=C(C=CNc1cccc(Cl)c1Cl)c1ccc(Cl)cc1Cl. The standard InChI is InChI=1S/C15H9Cl4NO/c16-9-4-5-10(12(18)8-9)14(21)6-7-20-13-3-1-2-11(17)15(13)19/h1-8,20H. The molecule has 2 nitrogen and oxygen atoms in total. The molecule has 1 N–H and O–H groups in total. The fraction of sp³-hybridized carbons (Fsp3) is 0. The zero-order valence-corrected chi connectivity index (χ0v) is 13.6. The fourth-order valence-electron chi connectivity index (χ4n) is 1.60. The number of hydrogen-bond donors (Lipinski definition) is 1. The molecule has 6 heteroatoms. The first-order valence-corrected chi connectivity index (χ1v) is 7.36. The van der Waals surface area contributed by atoms with Crippen LogP contribution in [-0.4, -0.2) is 5.78 Å². The molecule has 0 aliphatic carbocycles. The van der Waals surface area contributed by atoms with Crippen LogP contribution >= 0.6 is 46.4 Å². The van der Waals surface area contributed by atoms with Crippen LogP contribution in [0.5, 0.6) is 0 Å². The van der Waals surface area contributed by atoms with Crippen molar-refractivity contribution < 1.29 is 4.79 Å². The number of hydrogen-bond acceptors (Lipinski definition) is 2. The Hall–Kier alpha value is -1.19. The Kier molecular flexibility index (Phi) is 5.54. The molecule has 0 spiro atoms. The third kappa shape index (κ3) is 4.14. The van der Waals surface area contributed by atoms with E-state index in [1.165, 1.54) is 18.3 Å². The number of nitrogens with one attached hydrogen (secondary N) is 1. The maximum absolute atomic E-state index is 12.0. The van der Waals surface area contributed by atoms with E-state index in [0.717, 1.165) is 0 Å². The average molecular weight is 361 g/mol. The summed E-state index contributed by atoms with van der Waals surface area (Å²) in [5.41, 5.74) is 0.978. The molecule has 2 aromatic carbocycles. The van der Waals surface area contributed by atoms with E-state index in [9.17, 15) is 4.79 Å². The molecule has 0 unspecified atom stereocenters. The van der Waals surface area contributed by atoms with Crippen molar-refractivity contribution in [3.05, 3.63) is 74.3 Å². The molecule has 21 heavy (non-hydrogen) atoms. The third-order valence-electron chi connectivity index (χ3n) is 2.62. The lowest BCUT2D eigenvalue weighted by molar-refractivity contribution is 0.104. The molecule has 108 valence electrons. The third-order valence-corrected chi connectivity index (χ3v) is 3.99. The molecule has 0 aliphatic heterocycles. The van der Waals surface area contributed by atoms with Gasteiger partial charge >= 0.3 is 0 Å². The minimum absolute atomic E-state index is 0.248. The molecule has 0 amide bonds. The van der Waals surface area contributed by atoms with E-state index < -0.39 is 0 Å². The molecule has 0 atom stereocenters. The van der Waals surface area contributed by atoms with Gasteiger partial charge in [0.25, 0.3) is 0 Å². The Labute approximate surface area is 142 Å². The Bertz CT molecular complexity index is 713. The fourth-order valence-corrected chi connectivity index (χ4v) is 2.46. The predicted octanol–water partition coefficient (Wildman–Crippen LogP) is 6.11. The van der Waals surface area contributed by atoms with Gasteiger partial charge in [-0.3, -0.25) is 4.79 Å². The Balaban J connectivity index is 2.11. The normalized spacial score (nSPS) is 10.9. The molecule has 0 aliphatic rings. The van der Waals surface area contributed by atoms with Crippen LogP contribution in [0.25, 0.3) is 0 Å². The summed E-state index contributed by atoms with van der Waals surface area (Å²) < 4.78 is 0. The van der Waals surface area contributed by atoms with E-state index >= 15 is 0 Å². The number of benzene rings is 2. The highest BCUT2D eigenvalue weighted by atomic mass is 35.5. The van der Waals surface area contributed by atoms with Gasteiger partial charge in [0, 0.05) is 22.9 Å². The number of carbonyl (C=O) groups excluding carboxylic acids is 1. The highest BCUT2D eigenvalue weighted by Gasteiger charge is 2.08. The molecular formula is C15H9Cl4NO. The number of rotatable bonds is 4. The first kappa shape index (κ1) is 16.2. The molecule has 0 radical (unpaired) electrons. The number of allylic oxidation sites excluding steroid dienone is 1. The number of carbonyl (C=O) groups is 1. The van der Waals surface area contributed by atoms with E-state index in [-0.39, 0.29) is 5.78 Å². The van der Waals surface area contributed by atoms with Crippen LogP contribution in [0.2, 0.25) is 20.1 Å². The quantitative estimate of drug-likeness (QED) is 0.526. The van der Waals surface area contributed by atoms with E-state index in [1.807, 2.05) is 0 Å². The van der Waals surface area contributed by atoms with Crippen LogP contribution in [0.15, 0.2) is 48.7 Å². The molecule has 0 fully saturated rings. The summed E-state index contributed by atoms with van der Waals surface area (Å²) in [5.74, 6) is -0.248. The molecule has 0 bridgehead atoms. The van der Waals surface area contributed by atoms with E-state index in [1.54, 1.807) is 30.3 Å². The summed E-state index contributed by atoms with van der Waals surface area (Å²) in [6.07, 6.45) is 2.83. The van der Waals surface area contributed by atoms with Crippen LogP contribution in [0, 0.1) is 0 Å². The summed E-state index contributed by atoms with van der Waals surface area (Å²) >= 11 is 23.7. The van der Waals surface area contributed by atoms with E-state index in [2.05, 4.69) is 5.32 Å². The second-order valence-corrected chi connectivity index (χ2v) is 5.70. The van der Waals surface area contributed by atoms with Crippen LogP contribution in [-0.2, 0) is 0 Å². The number of ketones is 1. The maximum atomic E-state index is 12.0. The van der Waals surface area contributed by atoms with Crippen molar-refractivity contribution in [1.82, 2.24) is 0 Å². The Morgan fingerprint density at radius 2 is 1.76 bits per heavy atom. The summed E-state index contributed by atoms with van der Waals surface area (Å²) in [4.78, 5) is 12.0. The van der Waals surface area contributed by atoms with Gasteiger partial charge in [-0.25, -0.2) is 0 Å². The second-order valence-electron chi connectivity index (χ2n) is 4.07. The van der Waals surface area contributed by atoms with E-state index in [4.69, 9.17) is 46.4 Å². The lowest BCUT2D eigenvalue weighted by Crippen LogP contribution is -1.97. The van der Waals surface area contributed by atoms with Crippen molar-refractivity contribution in [2.24, 2.45) is 0 Å². The van der Waals surface area contributed by atoms with Gasteiger partial charge in [0.15, 0.2) is 5.78 Å². The largest absolute Gasteiger partial charge is 0.360 e. The van der Waals surface area contributed by atoms with Crippen molar-refractivity contribution in [2.75, 3.05) is 5.32 Å². The van der Waals surface area contributed by atoms with Crippen molar-refractivity contribution in [3.8, 4) is 0 Å². The Morgan fingerprint density at radius 1 is 1.00 bits per heavy atom. The molecule has 2 aromatic rings. The predicted molar refractivity (Wildman–Crippen MR) is 90.0 cm³/mol. The molecule has 0 saturated heterocycles. The molecular weight excluding hydrogens is 352 g/mol. The zero-order chi connectivity index (χ0) is 15.4. The summed E-state index contributed by atoms with van der Waals surface area (Å²) in [7, 11) is 0. The van der Waals surface area contributed by atoms with Gasteiger partial charge in [-0.2, -0.15) is 0 Å². The first-order chi connectivity index (χ1) is 9.99. The van der Waals surface area contributed by atoms with Crippen LogP contribution in [0.1, 0.15) is 10.4 Å². The minimum Gasteiger partial charge on any atom is -0.360 e. The summed E-state index contributed by atoms with van der Waals surface area (Å²) in [6, 6.07) is 9.88. The van der Waals surface area contributed by atoms with Gasteiger partial charge in [0.1, 0.15) is 0 Å². The Morgan fingerprint density at radius 3 is 2.48 bits per heavy atom. The van der Waals surface area contributed by atoms with Gasteiger partial charge in [-0.1, -0.05) is 52.5 Å². The van der Waals surface area contributed by atoms with Crippen molar-refractivity contribution >= 4 is 57.9 Å². The zero-order valence-electron chi connectivity index (χ0n) is 10.5. The van der Waals surface area contributed by atoms with Crippen molar-refractivity contribution in [1.29, 1.82) is 0 Å². The van der Waals surface area contributed by atoms with Gasteiger partial charge in [-0.05, 0) is 30.3 Å².